The van der Waals surface area contributed by atoms with Crippen molar-refractivity contribution in [3.8, 4) is 5.75 Å². The minimum absolute atomic E-state index is 0.00943. The van der Waals surface area contributed by atoms with Crippen molar-refractivity contribution in [3.05, 3.63) is 65.7 Å². The molecule has 21 heteroatoms. The molecular formula is C39H54N8O10S3. The highest BCUT2D eigenvalue weighted by molar-refractivity contribution is 8.77. The summed E-state index contributed by atoms with van der Waals surface area (Å²) in [6, 6.07) is 6.94. The summed E-state index contributed by atoms with van der Waals surface area (Å²) in [6.45, 7) is 6.06. The third-order valence-corrected chi connectivity index (χ3v) is 14.2. The van der Waals surface area contributed by atoms with Gasteiger partial charge in [0.25, 0.3) is 0 Å². The van der Waals surface area contributed by atoms with Gasteiger partial charge < -0.3 is 53.6 Å². The zero-order valence-electron chi connectivity index (χ0n) is 33.9. The Morgan fingerprint density at radius 1 is 0.867 bits per heavy atom. The van der Waals surface area contributed by atoms with Crippen molar-refractivity contribution in [2.45, 2.75) is 99.1 Å². The van der Waals surface area contributed by atoms with Crippen LogP contribution in [-0.4, -0.2) is 122 Å². The zero-order chi connectivity index (χ0) is 44.8. The van der Waals surface area contributed by atoms with Gasteiger partial charge in [0, 0.05) is 15.9 Å². The van der Waals surface area contributed by atoms with Gasteiger partial charge in [0.05, 0.1) is 19.0 Å². The Bertz CT molecular complexity index is 1870. The van der Waals surface area contributed by atoms with Gasteiger partial charge in [-0.2, -0.15) is 11.8 Å². The van der Waals surface area contributed by atoms with Crippen LogP contribution in [0, 0.1) is 0 Å². The molecule has 2 aromatic carbocycles. The highest BCUT2D eigenvalue weighted by Gasteiger charge is 2.45. The summed E-state index contributed by atoms with van der Waals surface area (Å²) in [5.41, 5.74) is 12.9. The first-order chi connectivity index (χ1) is 28.1. The molecule has 1 aliphatic rings. The number of carbonyl (C=O) groups is 8. The quantitative estimate of drug-likeness (QED) is 0.0970. The number of carbonyl (C=O) groups excluding carboxylic acids is 7. The molecular weight excluding hydrogens is 837 g/mol. The van der Waals surface area contributed by atoms with E-state index in [1.165, 1.54) is 23.9 Å². The summed E-state index contributed by atoms with van der Waals surface area (Å²) in [7, 11) is 2.23. The van der Waals surface area contributed by atoms with Gasteiger partial charge >= 0.3 is 5.97 Å². The number of carboxylic acids is 1. The van der Waals surface area contributed by atoms with Crippen LogP contribution < -0.4 is 43.4 Å². The van der Waals surface area contributed by atoms with Crippen LogP contribution in [0.4, 0.5) is 0 Å². The number of hydrogen-bond acceptors (Lipinski definition) is 13. The number of primary amides is 1. The van der Waals surface area contributed by atoms with E-state index in [4.69, 9.17) is 11.5 Å². The van der Waals surface area contributed by atoms with Crippen molar-refractivity contribution in [3.63, 3.8) is 0 Å². The second-order valence-corrected chi connectivity index (χ2v) is 19.6. The molecule has 7 amide bonds. The van der Waals surface area contributed by atoms with Crippen molar-refractivity contribution in [1.82, 2.24) is 31.9 Å². The minimum atomic E-state index is -1.57. The smallest absolute Gasteiger partial charge is 0.305 e. The van der Waals surface area contributed by atoms with Crippen molar-refractivity contribution in [2.24, 2.45) is 11.5 Å². The molecule has 1 unspecified atom stereocenters. The SMILES string of the molecule is CSCC[C@H](NC(=O)C1NC(=O)[C@H](Cc2ccccc2)NC(=O)CNC(=O)[C@H](NC(=O)[C@@H](N)Cc2ccc(O)cc2)C(C)(C)SSC1(C)C)C(=O)N[C@@H](CC(=O)O)C(N)=O. The third-order valence-electron chi connectivity index (χ3n) is 9.33. The predicted molar refractivity (Wildman–Crippen MR) is 230 cm³/mol. The van der Waals surface area contributed by atoms with Crippen LogP contribution >= 0.6 is 33.3 Å². The van der Waals surface area contributed by atoms with Crippen molar-refractivity contribution < 1.29 is 48.6 Å². The molecule has 1 heterocycles. The molecule has 0 radical (unpaired) electrons. The normalized spacial score (nSPS) is 21.0. The maximum absolute atomic E-state index is 14.4. The van der Waals surface area contributed by atoms with Crippen LogP contribution in [0.1, 0.15) is 51.7 Å². The molecule has 0 saturated carbocycles. The van der Waals surface area contributed by atoms with E-state index in [0.717, 1.165) is 21.6 Å². The number of benzene rings is 2. The van der Waals surface area contributed by atoms with Gasteiger partial charge in [-0.1, -0.05) is 64.1 Å². The summed E-state index contributed by atoms with van der Waals surface area (Å²) in [5.74, 6) is -6.68. The highest BCUT2D eigenvalue weighted by atomic mass is 33.1. The number of carboxylic acid groups (broad SMARTS) is 1. The molecule has 18 nitrogen and oxygen atoms in total. The van der Waals surface area contributed by atoms with Crippen LogP contribution in [0.3, 0.4) is 0 Å². The predicted octanol–water partition coefficient (Wildman–Crippen LogP) is -0.290. The molecule has 60 heavy (non-hydrogen) atoms. The molecule has 0 aliphatic carbocycles. The highest BCUT2D eigenvalue weighted by Crippen LogP contribution is 2.46. The van der Waals surface area contributed by atoms with Gasteiger partial charge in [0.15, 0.2) is 0 Å². The number of nitrogens with two attached hydrogens (primary N) is 2. The van der Waals surface area contributed by atoms with Crippen molar-refractivity contribution in [2.75, 3.05) is 18.6 Å². The van der Waals surface area contributed by atoms with E-state index >= 15 is 0 Å². The number of phenols is 1. The lowest BCUT2D eigenvalue weighted by Crippen LogP contribution is -2.64. The first-order valence-electron chi connectivity index (χ1n) is 18.9. The van der Waals surface area contributed by atoms with Crippen LogP contribution in [-0.2, 0) is 51.2 Å². The number of thioether (sulfide) groups is 1. The largest absolute Gasteiger partial charge is 0.508 e. The number of aliphatic carboxylic acids is 1. The van der Waals surface area contributed by atoms with Crippen molar-refractivity contribution >= 4 is 80.7 Å². The second-order valence-electron chi connectivity index (χ2n) is 15.2. The van der Waals surface area contributed by atoms with E-state index in [1.54, 1.807) is 76.4 Å². The van der Waals surface area contributed by atoms with Gasteiger partial charge in [-0.3, -0.25) is 38.4 Å². The van der Waals surface area contributed by atoms with Crippen LogP contribution in [0.15, 0.2) is 54.6 Å². The summed E-state index contributed by atoms with van der Waals surface area (Å²) in [4.78, 5) is 106. The lowest BCUT2D eigenvalue weighted by Gasteiger charge is -2.39. The standard InChI is InChI=1S/C39H54N8O10S3/c1-38(2)30(46-33(53)24(40)17-22-11-13-23(48)14-12-22)36(56)42-20-28(49)43-27(18-21-9-7-6-8-10-21)35(55)47-31(39(3,4)60-59-38)37(57)44-25(15-16-58-5)34(54)45-26(32(41)52)19-29(50)51/h6-14,24-27,30-31,48H,15-20,40H2,1-5H3,(H2,41,52)(H,42,56)(H,43,49)(H,44,57)(H,45,54)(H,46,53)(H,47,55)(H,50,51)/t24-,25-,26-,27-,30-,31?/m0/s1. The summed E-state index contributed by atoms with van der Waals surface area (Å²) in [6.07, 6.45) is 1.09. The average Bonchev–Trinajstić information content (AvgIpc) is 3.18. The molecule has 1 fully saturated rings. The fraction of sp³-hybridized carbons (Fsp3) is 0.487. The fourth-order valence-electron chi connectivity index (χ4n) is 5.90. The number of amides is 7. The zero-order valence-corrected chi connectivity index (χ0v) is 36.4. The Kier molecular flexibility index (Phi) is 18.6. The van der Waals surface area contributed by atoms with E-state index in [2.05, 4.69) is 31.9 Å². The topological polar surface area (TPSA) is 301 Å². The monoisotopic (exact) mass is 890 g/mol. The maximum atomic E-state index is 14.4. The third kappa shape index (κ3) is 15.2. The first kappa shape index (κ1) is 49.4. The summed E-state index contributed by atoms with van der Waals surface area (Å²) in [5, 5.41) is 34.6. The van der Waals surface area contributed by atoms with Gasteiger partial charge in [-0.05, 0) is 75.8 Å². The van der Waals surface area contributed by atoms with E-state index in [-0.39, 0.29) is 25.0 Å². The molecule has 1 saturated heterocycles. The lowest BCUT2D eigenvalue weighted by atomic mass is 9.99. The summed E-state index contributed by atoms with van der Waals surface area (Å²) < 4.78 is -2.43. The Hall–Kier alpha value is -4.99. The lowest BCUT2D eigenvalue weighted by molar-refractivity contribution is -0.140. The van der Waals surface area contributed by atoms with E-state index in [1.807, 2.05) is 0 Å². The first-order valence-corrected chi connectivity index (χ1v) is 22.4. The second kappa shape index (κ2) is 22.6. The molecule has 6 atom stereocenters. The van der Waals surface area contributed by atoms with Gasteiger partial charge in [-0.15, -0.1) is 0 Å². The Morgan fingerprint density at radius 3 is 2.10 bits per heavy atom. The summed E-state index contributed by atoms with van der Waals surface area (Å²) >= 11 is 1.36. The Labute approximate surface area is 360 Å². The van der Waals surface area contributed by atoms with E-state index in [9.17, 15) is 48.6 Å². The van der Waals surface area contributed by atoms with E-state index in [0.29, 0.717) is 16.9 Å². The van der Waals surface area contributed by atoms with Crippen LogP contribution in [0.5, 0.6) is 5.75 Å². The Morgan fingerprint density at radius 2 is 1.50 bits per heavy atom. The molecule has 0 spiro atoms. The fourth-order valence-corrected chi connectivity index (χ4v) is 9.19. The molecule has 2 aromatic rings. The molecule has 328 valence electrons. The molecule has 1 aliphatic heterocycles. The van der Waals surface area contributed by atoms with Gasteiger partial charge in [-0.25, -0.2) is 0 Å². The number of phenolic OH excluding ortho intramolecular Hbond substituents is 1. The maximum Gasteiger partial charge on any atom is 0.305 e. The number of hydrogen-bond donors (Lipinski definition) is 10. The van der Waals surface area contributed by atoms with Crippen LogP contribution in [0.25, 0.3) is 0 Å². The molecule has 3 rings (SSSR count). The molecule has 12 N–H and O–H groups in total. The molecule has 0 bridgehead atoms. The van der Waals surface area contributed by atoms with E-state index < -0.39 is 106 Å². The number of rotatable bonds is 16. The van der Waals surface area contributed by atoms with Gasteiger partial charge in [0.2, 0.25) is 41.4 Å². The van der Waals surface area contributed by atoms with Gasteiger partial charge in [0.1, 0.15) is 36.0 Å². The minimum Gasteiger partial charge on any atom is -0.508 e. The van der Waals surface area contributed by atoms with Crippen LogP contribution in [0.2, 0.25) is 0 Å². The van der Waals surface area contributed by atoms with Crippen molar-refractivity contribution in [1.29, 1.82) is 0 Å². The number of aromatic hydroxyl groups is 1. The average molecular weight is 891 g/mol. The molecule has 0 aromatic heterocycles. The number of nitrogens with one attached hydrogen (secondary N) is 6. The Balaban J connectivity index is 2.02.